The monoisotopic (exact) mass is 264 g/mol. The topological polar surface area (TPSA) is 66.0 Å². The molecular formula is C13H13ClN2O2. The molecule has 0 spiro atoms. The molecule has 0 saturated heterocycles. The molecule has 5 heteroatoms. The zero-order valence-corrected chi connectivity index (χ0v) is 10.6. The number of H-pyrrole nitrogens is 1. The van der Waals surface area contributed by atoms with Gasteiger partial charge in [-0.25, -0.2) is 0 Å². The first kappa shape index (κ1) is 12.6. The first-order valence-electron chi connectivity index (χ1n) is 5.59. The summed E-state index contributed by atoms with van der Waals surface area (Å²) in [6.07, 6.45) is 2.13. The van der Waals surface area contributed by atoms with Crippen molar-refractivity contribution < 1.29 is 9.90 Å². The number of nitrogens with zero attached hydrogens (tertiary/aromatic N) is 1. The lowest BCUT2D eigenvalue weighted by atomic mass is 9.99. The lowest BCUT2D eigenvalue weighted by Crippen LogP contribution is -2.12. The van der Waals surface area contributed by atoms with Gasteiger partial charge in [-0.05, 0) is 17.7 Å². The number of aliphatic carboxylic acids is 1. The van der Waals surface area contributed by atoms with Gasteiger partial charge in [0.1, 0.15) is 0 Å². The number of rotatable bonds is 4. The highest BCUT2D eigenvalue weighted by atomic mass is 35.5. The van der Waals surface area contributed by atoms with Gasteiger partial charge in [0.2, 0.25) is 0 Å². The highest BCUT2D eigenvalue weighted by molar-refractivity contribution is 6.30. The standard InChI is InChI=1S/C13H13ClN2O2/c1-8(13(17)18)6-12-11(7-15-16-12)9-2-4-10(14)5-3-9/h2-5,7-8H,6H2,1H3,(H,15,16)(H,17,18). The first-order valence-corrected chi connectivity index (χ1v) is 5.96. The number of hydrogen-bond donors (Lipinski definition) is 2. The van der Waals surface area contributed by atoms with E-state index in [2.05, 4.69) is 10.2 Å². The largest absolute Gasteiger partial charge is 0.481 e. The number of carboxylic acids is 1. The molecule has 1 heterocycles. The van der Waals surface area contributed by atoms with Crippen molar-refractivity contribution in [2.24, 2.45) is 5.92 Å². The molecule has 0 radical (unpaired) electrons. The van der Waals surface area contributed by atoms with E-state index in [0.717, 1.165) is 16.8 Å². The number of aromatic amines is 1. The van der Waals surface area contributed by atoms with Crippen molar-refractivity contribution in [1.82, 2.24) is 10.2 Å². The molecule has 1 aromatic heterocycles. The van der Waals surface area contributed by atoms with Crippen molar-refractivity contribution in [3.05, 3.63) is 41.2 Å². The van der Waals surface area contributed by atoms with Gasteiger partial charge in [0, 0.05) is 22.7 Å². The van der Waals surface area contributed by atoms with Crippen LogP contribution in [0.5, 0.6) is 0 Å². The van der Waals surface area contributed by atoms with E-state index in [0.29, 0.717) is 11.4 Å². The Balaban J connectivity index is 2.27. The molecule has 18 heavy (non-hydrogen) atoms. The molecule has 0 aliphatic rings. The van der Waals surface area contributed by atoms with E-state index in [1.165, 1.54) is 0 Å². The maximum Gasteiger partial charge on any atom is 0.306 e. The van der Waals surface area contributed by atoms with Gasteiger partial charge in [-0.15, -0.1) is 0 Å². The summed E-state index contributed by atoms with van der Waals surface area (Å²) < 4.78 is 0. The maximum atomic E-state index is 10.9. The normalized spacial score (nSPS) is 12.3. The predicted octanol–water partition coefficient (Wildman–Crippen LogP) is 2.99. The number of carbonyl (C=O) groups is 1. The molecule has 0 saturated carbocycles. The van der Waals surface area contributed by atoms with Crippen LogP contribution in [-0.2, 0) is 11.2 Å². The van der Waals surface area contributed by atoms with Crippen LogP contribution in [0.1, 0.15) is 12.6 Å². The zero-order chi connectivity index (χ0) is 13.1. The van der Waals surface area contributed by atoms with Crippen molar-refractivity contribution >= 4 is 17.6 Å². The summed E-state index contributed by atoms with van der Waals surface area (Å²) in [6.45, 7) is 1.68. The summed E-state index contributed by atoms with van der Waals surface area (Å²) in [6, 6.07) is 7.38. The summed E-state index contributed by atoms with van der Waals surface area (Å²) in [7, 11) is 0. The number of hydrogen-bond acceptors (Lipinski definition) is 2. The van der Waals surface area contributed by atoms with Crippen molar-refractivity contribution in [2.45, 2.75) is 13.3 Å². The van der Waals surface area contributed by atoms with Gasteiger partial charge in [0.15, 0.2) is 0 Å². The molecule has 2 N–H and O–H groups in total. The molecule has 1 unspecified atom stereocenters. The Labute approximate surface area is 110 Å². The van der Waals surface area contributed by atoms with Gasteiger partial charge < -0.3 is 5.11 Å². The average molecular weight is 265 g/mol. The molecule has 2 rings (SSSR count). The van der Waals surface area contributed by atoms with Crippen LogP contribution in [0.15, 0.2) is 30.5 Å². The van der Waals surface area contributed by atoms with Gasteiger partial charge in [0.05, 0.1) is 12.1 Å². The molecule has 2 aromatic rings. The van der Waals surface area contributed by atoms with Crippen molar-refractivity contribution in [3.63, 3.8) is 0 Å². The molecule has 1 aromatic carbocycles. The Bertz CT molecular complexity index is 548. The minimum Gasteiger partial charge on any atom is -0.481 e. The van der Waals surface area contributed by atoms with Gasteiger partial charge >= 0.3 is 5.97 Å². The minimum atomic E-state index is -0.813. The Hall–Kier alpha value is -1.81. The van der Waals surface area contributed by atoms with Crippen LogP contribution >= 0.6 is 11.6 Å². The van der Waals surface area contributed by atoms with Crippen molar-refractivity contribution in [1.29, 1.82) is 0 Å². The second-order valence-corrected chi connectivity index (χ2v) is 4.65. The molecule has 4 nitrogen and oxygen atoms in total. The van der Waals surface area contributed by atoms with E-state index >= 15 is 0 Å². The minimum absolute atomic E-state index is 0.424. The zero-order valence-electron chi connectivity index (χ0n) is 9.85. The highest BCUT2D eigenvalue weighted by Crippen LogP contribution is 2.25. The van der Waals surface area contributed by atoms with Crippen molar-refractivity contribution in [2.75, 3.05) is 0 Å². The average Bonchev–Trinajstić information content (AvgIpc) is 2.78. The Kier molecular flexibility index (Phi) is 3.67. The summed E-state index contributed by atoms with van der Waals surface area (Å²) in [5.41, 5.74) is 2.72. The molecule has 0 aliphatic carbocycles. The quantitative estimate of drug-likeness (QED) is 0.892. The lowest BCUT2D eigenvalue weighted by Gasteiger charge is -2.07. The van der Waals surface area contributed by atoms with E-state index in [1.807, 2.05) is 12.1 Å². The number of carboxylic acid groups (broad SMARTS) is 1. The van der Waals surface area contributed by atoms with E-state index in [1.54, 1.807) is 25.3 Å². The summed E-state index contributed by atoms with van der Waals surface area (Å²) >= 11 is 5.84. The smallest absolute Gasteiger partial charge is 0.306 e. The van der Waals surface area contributed by atoms with E-state index in [9.17, 15) is 4.79 Å². The van der Waals surface area contributed by atoms with Crippen molar-refractivity contribution in [3.8, 4) is 11.1 Å². The van der Waals surface area contributed by atoms with Crippen LogP contribution < -0.4 is 0 Å². The SMILES string of the molecule is CC(Cc1[nH]ncc1-c1ccc(Cl)cc1)C(=O)O. The number of aromatic nitrogens is 2. The second-order valence-electron chi connectivity index (χ2n) is 4.21. The Morgan fingerprint density at radius 3 is 2.72 bits per heavy atom. The third-order valence-corrected chi connectivity index (χ3v) is 3.06. The van der Waals surface area contributed by atoms with E-state index < -0.39 is 11.9 Å². The maximum absolute atomic E-state index is 10.9. The highest BCUT2D eigenvalue weighted by Gasteiger charge is 2.16. The molecule has 0 aliphatic heterocycles. The van der Waals surface area contributed by atoms with E-state index in [-0.39, 0.29) is 0 Å². The van der Waals surface area contributed by atoms with Crippen LogP contribution in [0, 0.1) is 5.92 Å². The van der Waals surface area contributed by atoms with Gasteiger partial charge in [-0.1, -0.05) is 30.7 Å². The molecule has 0 amide bonds. The predicted molar refractivity (Wildman–Crippen MR) is 69.5 cm³/mol. The van der Waals surface area contributed by atoms with Crippen LogP contribution in [0.25, 0.3) is 11.1 Å². The van der Waals surface area contributed by atoms with Gasteiger partial charge in [-0.3, -0.25) is 9.89 Å². The van der Waals surface area contributed by atoms with Gasteiger partial charge in [-0.2, -0.15) is 5.10 Å². The Morgan fingerprint density at radius 1 is 1.44 bits per heavy atom. The number of benzene rings is 1. The Morgan fingerprint density at radius 2 is 2.11 bits per heavy atom. The lowest BCUT2D eigenvalue weighted by molar-refractivity contribution is -0.141. The van der Waals surface area contributed by atoms with Crippen LogP contribution in [-0.4, -0.2) is 21.3 Å². The van der Waals surface area contributed by atoms with Crippen LogP contribution in [0.4, 0.5) is 0 Å². The molecular weight excluding hydrogens is 252 g/mol. The fourth-order valence-corrected chi connectivity index (χ4v) is 1.87. The molecule has 0 bridgehead atoms. The third kappa shape index (κ3) is 2.71. The third-order valence-electron chi connectivity index (χ3n) is 2.81. The number of halogens is 1. The van der Waals surface area contributed by atoms with E-state index in [4.69, 9.17) is 16.7 Å². The van der Waals surface area contributed by atoms with Crippen LogP contribution in [0.2, 0.25) is 5.02 Å². The fraction of sp³-hybridized carbons (Fsp3) is 0.231. The molecule has 0 fully saturated rings. The first-order chi connectivity index (χ1) is 8.58. The van der Waals surface area contributed by atoms with Gasteiger partial charge in [0.25, 0.3) is 0 Å². The summed E-state index contributed by atoms with van der Waals surface area (Å²) in [5.74, 6) is -1.26. The summed E-state index contributed by atoms with van der Waals surface area (Å²) in [4.78, 5) is 10.9. The second kappa shape index (κ2) is 5.23. The molecule has 1 atom stereocenters. The summed E-state index contributed by atoms with van der Waals surface area (Å²) in [5, 5.41) is 16.4. The van der Waals surface area contributed by atoms with Crippen LogP contribution in [0.3, 0.4) is 0 Å². The molecule has 94 valence electrons. The number of nitrogens with one attached hydrogen (secondary N) is 1. The fourth-order valence-electron chi connectivity index (χ4n) is 1.74.